The third-order valence-electron chi connectivity index (χ3n) is 6.94. The van der Waals surface area contributed by atoms with E-state index < -0.39 is 17.7 Å². The third kappa shape index (κ3) is 5.15. The van der Waals surface area contributed by atoms with E-state index >= 15 is 0 Å². The van der Waals surface area contributed by atoms with Crippen LogP contribution in [0, 0.1) is 0 Å². The van der Waals surface area contributed by atoms with Crippen molar-refractivity contribution < 1.29 is 24.2 Å². The Kier molecular flexibility index (Phi) is 7.20. The Morgan fingerprint density at radius 1 is 1.05 bits per heavy atom. The Bertz CT molecular complexity index is 1360. The zero-order valence-corrected chi connectivity index (χ0v) is 21.9. The maximum absolute atomic E-state index is 13.3. The van der Waals surface area contributed by atoms with Crippen LogP contribution in [0.5, 0.6) is 11.5 Å². The number of hydrogen-bond acceptors (Lipinski definition) is 6. The highest BCUT2D eigenvalue weighted by Gasteiger charge is 2.46. The summed E-state index contributed by atoms with van der Waals surface area (Å²) in [4.78, 5) is 30.0. The second-order valence-corrected chi connectivity index (χ2v) is 10.1. The average Bonchev–Trinajstić information content (AvgIpc) is 3.41. The van der Waals surface area contributed by atoms with Gasteiger partial charge in [0.15, 0.2) is 0 Å². The summed E-state index contributed by atoms with van der Waals surface area (Å²) in [7, 11) is 3.83. The van der Waals surface area contributed by atoms with Crippen LogP contribution in [-0.2, 0) is 22.6 Å². The minimum absolute atomic E-state index is 0.0571. The molecule has 196 valence electrons. The molecule has 7 nitrogen and oxygen atoms in total. The number of fused-ring (bicyclic) bond motifs is 1. The molecule has 2 aliphatic heterocycles. The molecule has 2 atom stereocenters. The number of ketones is 1. The van der Waals surface area contributed by atoms with E-state index in [4.69, 9.17) is 9.47 Å². The number of aliphatic hydroxyl groups is 1. The second kappa shape index (κ2) is 10.7. The van der Waals surface area contributed by atoms with Crippen LogP contribution in [0.1, 0.15) is 35.2 Å². The summed E-state index contributed by atoms with van der Waals surface area (Å²) in [5, 5.41) is 11.4. The summed E-state index contributed by atoms with van der Waals surface area (Å²) in [6.07, 6.45) is 0.781. The Labute approximate surface area is 222 Å². The van der Waals surface area contributed by atoms with E-state index in [9.17, 15) is 14.7 Å². The van der Waals surface area contributed by atoms with Crippen LogP contribution < -0.4 is 9.47 Å². The zero-order chi connectivity index (χ0) is 26.8. The lowest BCUT2D eigenvalue weighted by molar-refractivity contribution is -0.140. The Hall–Kier alpha value is -4.10. The molecule has 5 rings (SSSR count). The summed E-state index contributed by atoms with van der Waals surface area (Å²) < 4.78 is 11.7. The van der Waals surface area contributed by atoms with Crippen LogP contribution in [0.4, 0.5) is 0 Å². The molecular formula is C31H32N2O5. The number of nitrogens with zero attached hydrogens (tertiary/aromatic N) is 2. The average molecular weight is 513 g/mol. The van der Waals surface area contributed by atoms with Gasteiger partial charge < -0.3 is 24.4 Å². The van der Waals surface area contributed by atoms with Crippen molar-refractivity contribution in [2.24, 2.45) is 0 Å². The van der Waals surface area contributed by atoms with Crippen LogP contribution in [0.2, 0.25) is 0 Å². The lowest BCUT2D eigenvalue weighted by Crippen LogP contribution is -2.35. The number of carbonyl (C=O) groups is 2. The lowest BCUT2D eigenvalue weighted by atomic mass is 9.94. The summed E-state index contributed by atoms with van der Waals surface area (Å²) in [5.41, 5.74) is 3.36. The van der Waals surface area contributed by atoms with Gasteiger partial charge in [-0.2, -0.15) is 0 Å². The van der Waals surface area contributed by atoms with Crippen LogP contribution in [0.15, 0.2) is 78.4 Å². The van der Waals surface area contributed by atoms with Crippen LogP contribution in [0.3, 0.4) is 0 Å². The van der Waals surface area contributed by atoms with Crippen molar-refractivity contribution in [1.82, 2.24) is 9.80 Å². The second-order valence-electron chi connectivity index (χ2n) is 10.1. The molecule has 2 aliphatic rings. The normalized spacial score (nSPS) is 20.1. The maximum atomic E-state index is 13.3. The van der Waals surface area contributed by atoms with Gasteiger partial charge in [0.05, 0.1) is 11.6 Å². The maximum Gasteiger partial charge on any atom is 0.295 e. The Balaban J connectivity index is 1.48. The summed E-state index contributed by atoms with van der Waals surface area (Å²) in [6, 6.07) is 21.9. The first-order chi connectivity index (χ1) is 18.3. The van der Waals surface area contributed by atoms with Crippen molar-refractivity contribution in [3.8, 4) is 11.5 Å². The zero-order valence-electron chi connectivity index (χ0n) is 21.9. The van der Waals surface area contributed by atoms with Gasteiger partial charge in [0.2, 0.25) is 0 Å². The van der Waals surface area contributed by atoms with Gasteiger partial charge in [-0.1, -0.05) is 42.5 Å². The number of aliphatic hydroxyl groups excluding tert-OH is 1. The first-order valence-electron chi connectivity index (χ1n) is 12.8. The van der Waals surface area contributed by atoms with Crippen molar-refractivity contribution >= 4 is 17.4 Å². The first-order valence-corrected chi connectivity index (χ1v) is 12.8. The largest absolute Gasteiger partial charge is 0.507 e. The molecule has 1 fully saturated rings. The highest BCUT2D eigenvalue weighted by Crippen LogP contribution is 2.41. The number of hydrogen-bond donors (Lipinski definition) is 1. The van der Waals surface area contributed by atoms with E-state index in [1.54, 1.807) is 11.0 Å². The van der Waals surface area contributed by atoms with Gasteiger partial charge in [0.1, 0.15) is 30.0 Å². The SMILES string of the molecule is CC1Cc2cc(/C(O)=C3\C(=O)C(=O)N(CCN(C)C)C3c3ccc(OCc4ccccc4)cc3)ccc2O1. The minimum Gasteiger partial charge on any atom is -0.507 e. The highest BCUT2D eigenvalue weighted by molar-refractivity contribution is 6.46. The van der Waals surface area contributed by atoms with E-state index in [0.29, 0.717) is 31.0 Å². The molecular weight excluding hydrogens is 480 g/mol. The fourth-order valence-corrected chi connectivity index (χ4v) is 4.98. The molecule has 0 aliphatic carbocycles. The van der Waals surface area contributed by atoms with Crippen molar-refractivity contribution in [3.05, 3.63) is 101 Å². The van der Waals surface area contributed by atoms with Gasteiger partial charge in [-0.15, -0.1) is 0 Å². The fraction of sp³-hybridized carbons (Fsp3) is 0.290. The number of likely N-dealkylation sites (N-methyl/N-ethyl adjacent to an activating group) is 1. The molecule has 3 aromatic rings. The Morgan fingerprint density at radius 3 is 2.50 bits per heavy atom. The molecule has 7 heteroatoms. The molecule has 2 unspecified atom stereocenters. The van der Waals surface area contributed by atoms with E-state index in [1.165, 1.54) is 0 Å². The van der Waals surface area contributed by atoms with Crippen molar-refractivity contribution in [2.75, 3.05) is 27.2 Å². The number of likely N-dealkylation sites (tertiary alicyclic amines) is 1. The van der Waals surface area contributed by atoms with Crippen molar-refractivity contribution in [2.45, 2.75) is 32.1 Å². The van der Waals surface area contributed by atoms with Crippen LogP contribution >= 0.6 is 0 Å². The van der Waals surface area contributed by atoms with E-state index in [0.717, 1.165) is 28.9 Å². The van der Waals surface area contributed by atoms with Crippen molar-refractivity contribution in [1.29, 1.82) is 0 Å². The molecule has 2 heterocycles. The van der Waals surface area contributed by atoms with Gasteiger partial charge >= 0.3 is 0 Å². The predicted octanol–water partition coefficient (Wildman–Crippen LogP) is 4.57. The van der Waals surface area contributed by atoms with E-state index in [2.05, 4.69) is 0 Å². The molecule has 1 amide bonds. The van der Waals surface area contributed by atoms with Gasteiger partial charge in [-0.25, -0.2) is 0 Å². The topological polar surface area (TPSA) is 79.3 Å². The van der Waals surface area contributed by atoms with Crippen molar-refractivity contribution in [3.63, 3.8) is 0 Å². The van der Waals surface area contributed by atoms with Crippen LogP contribution in [0.25, 0.3) is 5.76 Å². The third-order valence-corrected chi connectivity index (χ3v) is 6.94. The van der Waals surface area contributed by atoms with E-state index in [1.807, 2.05) is 92.6 Å². The number of ether oxygens (including phenoxy) is 2. The minimum atomic E-state index is -0.707. The Morgan fingerprint density at radius 2 is 1.79 bits per heavy atom. The number of rotatable bonds is 8. The molecule has 0 spiro atoms. The number of benzene rings is 3. The van der Waals surface area contributed by atoms with Gasteiger partial charge in [0.25, 0.3) is 11.7 Å². The van der Waals surface area contributed by atoms with Crippen LogP contribution in [-0.4, -0.2) is 59.9 Å². The molecule has 1 N–H and O–H groups in total. The predicted molar refractivity (Wildman–Crippen MR) is 145 cm³/mol. The number of amides is 1. The summed E-state index contributed by atoms with van der Waals surface area (Å²) in [5.74, 6) is -0.00660. The van der Waals surface area contributed by atoms with Gasteiger partial charge in [-0.3, -0.25) is 9.59 Å². The lowest BCUT2D eigenvalue weighted by Gasteiger charge is -2.26. The standard InChI is InChI=1S/C31H32N2O5/c1-20-17-24-18-23(11-14-26(24)38-20)29(34)27-28(33(16-15-32(2)3)31(36)30(27)35)22-9-12-25(13-10-22)37-19-21-7-5-4-6-8-21/h4-14,18,20,28,34H,15-17,19H2,1-3H3/b29-27+. The molecule has 0 radical (unpaired) electrons. The molecule has 38 heavy (non-hydrogen) atoms. The van der Waals surface area contributed by atoms with E-state index in [-0.39, 0.29) is 17.4 Å². The molecule has 0 saturated carbocycles. The molecule has 1 saturated heterocycles. The summed E-state index contributed by atoms with van der Waals surface area (Å²) >= 11 is 0. The van der Waals surface area contributed by atoms with Gasteiger partial charge in [-0.05, 0) is 68.0 Å². The monoisotopic (exact) mass is 512 g/mol. The molecule has 0 aromatic heterocycles. The summed E-state index contributed by atoms with van der Waals surface area (Å²) in [6.45, 7) is 3.35. The molecule has 3 aromatic carbocycles. The fourth-order valence-electron chi connectivity index (χ4n) is 4.98. The number of carbonyl (C=O) groups excluding carboxylic acids is 2. The number of Topliss-reactive ketones (excluding diaryl/α,β-unsaturated/α-hetero) is 1. The van der Waals surface area contributed by atoms with Gasteiger partial charge in [0, 0.05) is 25.1 Å². The highest BCUT2D eigenvalue weighted by atomic mass is 16.5. The quantitative estimate of drug-likeness (QED) is 0.271. The smallest absolute Gasteiger partial charge is 0.295 e. The first kappa shape index (κ1) is 25.5. The molecule has 0 bridgehead atoms.